The van der Waals surface area contributed by atoms with Crippen LogP contribution in [-0.2, 0) is 16.0 Å². The van der Waals surface area contributed by atoms with E-state index in [-0.39, 0.29) is 19.6 Å². The Morgan fingerprint density at radius 1 is 1.38 bits per heavy atom. The van der Waals surface area contributed by atoms with E-state index in [2.05, 4.69) is 0 Å². The Morgan fingerprint density at radius 3 is 2.50 bits per heavy atom. The molecular weight excluding hydrogens is 208 g/mol. The Bertz CT molecular complexity index is 336. The molecule has 1 aromatic carbocycles. The predicted octanol–water partition coefficient (Wildman–Crippen LogP) is 1.08. The van der Waals surface area contributed by atoms with Gasteiger partial charge in [0, 0.05) is 6.42 Å². The van der Waals surface area contributed by atoms with Crippen molar-refractivity contribution >= 4 is 5.97 Å². The maximum atomic E-state index is 11.1. The lowest BCUT2D eigenvalue weighted by Gasteiger charge is -2.25. The Balaban J connectivity index is 2.75. The summed E-state index contributed by atoms with van der Waals surface area (Å²) in [7, 11) is 0. The standard InChI is InChI=1S/C12H16O4/c1-12(11(14)15,16-8-7-13)9-10-5-3-2-4-6-10/h2-6,13H,7-9H2,1H3,(H,14,15). The van der Waals surface area contributed by atoms with E-state index in [4.69, 9.17) is 14.9 Å². The molecule has 0 aromatic heterocycles. The molecule has 16 heavy (non-hydrogen) atoms. The molecule has 0 spiro atoms. The monoisotopic (exact) mass is 224 g/mol. The van der Waals surface area contributed by atoms with Gasteiger partial charge in [0.25, 0.3) is 0 Å². The highest BCUT2D eigenvalue weighted by molar-refractivity contribution is 5.77. The van der Waals surface area contributed by atoms with Crippen molar-refractivity contribution in [1.29, 1.82) is 0 Å². The number of carboxylic acid groups (broad SMARTS) is 1. The van der Waals surface area contributed by atoms with Crippen LogP contribution in [0.4, 0.5) is 0 Å². The Labute approximate surface area is 94.5 Å². The van der Waals surface area contributed by atoms with Crippen LogP contribution in [-0.4, -0.2) is 35.0 Å². The third-order valence-corrected chi connectivity index (χ3v) is 2.35. The van der Waals surface area contributed by atoms with E-state index in [1.54, 1.807) is 0 Å². The Kier molecular flexibility index (Phi) is 4.46. The second-order valence-electron chi connectivity index (χ2n) is 3.77. The van der Waals surface area contributed by atoms with Crippen LogP contribution in [0.25, 0.3) is 0 Å². The number of aliphatic carboxylic acids is 1. The quantitative estimate of drug-likeness (QED) is 0.758. The van der Waals surface area contributed by atoms with Crippen molar-refractivity contribution in [2.24, 2.45) is 0 Å². The van der Waals surface area contributed by atoms with Crippen molar-refractivity contribution < 1.29 is 19.7 Å². The number of benzene rings is 1. The van der Waals surface area contributed by atoms with Gasteiger partial charge >= 0.3 is 5.97 Å². The molecule has 0 amide bonds. The molecule has 0 saturated carbocycles. The largest absolute Gasteiger partial charge is 0.479 e. The van der Waals surface area contributed by atoms with E-state index >= 15 is 0 Å². The number of rotatable bonds is 6. The minimum absolute atomic E-state index is 0.0234. The van der Waals surface area contributed by atoms with Gasteiger partial charge in [0.1, 0.15) is 0 Å². The Morgan fingerprint density at radius 2 is 2.00 bits per heavy atom. The second-order valence-corrected chi connectivity index (χ2v) is 3.77. The highest BCUT2D eigenvalue weighted by Crippen LogP contribution is 2.18. The van der Waals surface area contributed by atoms with Crippen molar-refractivity contribution in [3.8, 4) is 0 Å². The Hall–Kier alpha value is -1.39. The summed E-state index contributed by atoms with van der Waals surface area (Å²) >= 11 is 0. The second kappa shape index (κ2) is 5.63. The number of aliphatic hydroxyl groups is 1. The zero-order valence-corrected chi connectivity index (χ0v) is 9.22. The number of carbonyl (C=O) groups is 1. The normalized spacial score (nSPS) is 14.4. The summed E-state index contributed by atoms with van der Waals surface area (Å²) in [5.41, 5.74) is -0.394. The van der Waals surface area contributed by atoms with Crippen LogP contribution in [0.1, 0.15) is 12.5 Å². The summed E-state index contributed by atoms with van der Waals surface area (Å²) in [5, 5.41) is 17.8. The lowest BCUT2D eigenvalue weighted by atomic mass is 9.96. The minimum atomic E-state index is -1.29. The average Bonchev–Trinajstić information content (AvgIpc) is 2.27. The molecular formula is C12H16O4. The van der Waals surface area contributed by atoms with Crippen molar-refractivity contribution in [1.82, 2.24) is 0 Å². The van der Waals surface area contributed by atoms with E-state index < -0.39 is 11.6 Å². The summed E-state index contributed by atoms with van der Waals surface area (Å²) in [6.45, 7) is 1.35. The van der Waals surface area contributed by atoms with Crippen LogP contribution in [0.3, 0.4) is 0 Å². The molecule has 0 aliphatic rings. The number of ether oxygens (including phenoxy) is 1. The maximum absolute atomic E-state index is 11.1. The van der Waals surface area contributed by atoms with Gasteiger partial charge < -0.3 is 14.9 Å². The van der Waals surface area contributed by atoms with Gasteiger partial charge in [0.05, 0.1) is 13.2 Å². The van der Waals surface area contributed by atoms with Crippen LogP contribution in [0.2, 0.25) is 0 Å². The SMILES string of the molecule is CC(Cc1ccccc1)(OCCO)C(=O)O. The van der Waals surface area contributed by atoms with E-state index in [0.29, 0.717) is 0 Å². The fraction of sp³-hybridized carbons (Fsp3) is 0.417. The van der Waals surface area contributed by atoms with E-state index in [1.165, 1.54) is 6.92 Å². The van der Waals surface area contributed by atoms with Crippen LogP contribution < -0.4 is 0 Å². The maximum Gasteiger partial charge on any atom is 0.336 e. The summed E-state index contributed by atoms with van der Waals surface area (Å²) in [4.78, 5) is 11.1. The molecule has 0 bridgehead atoms. The topological polar surface area (TPSA) is 66.8 Å². The number of carboxylic acids is 1. The minimum Gasteiger partial charge on any atom is -0.479 e. The van der Waals surface area contributed by atoms with Crippen molar-refractivity contribution in [2.75, 3.05) is 13.2 Å². The molecule has 0 aliphatic heterocycles. The summed E-state index contributed by atoms with van der Waals surface area (Å²) in [5.74, 6) is -1.02. The van der Waals surface area contributed by atoms with E-state index in [1.807, 2.05) is 30.3 Å². The van der Waals surface area contributed by atoms with Gasteiger partial charge in [-0.15, -0.1) is 0 Å². The number of hydrogen-bond donors (Lipinski definition) is 2. The first kappa shape index (κ1) is 12.7. The third-order valence-electron chi connectivity index (χ3n) is 2.35. The average molecular weight is 224 g/mol. The fourth-order valence-electron chi connectivity index (χ4n) is 1.44. The van der Waals surface area contributed by atoms with Crippen LogP contribution >= 0.6 is 0 Å². The first-order valence-corrected chi connectivity index (χ1v) is 5.10. The fourth-order valence-corrected chi connectivity index (χ4v) is 1.44. The molecule has 1 unspecified atom stereocenters. The van der Waals surface area contributed by atoms with E-state index in [9.17, 15) is 4.79 Å². The summed E-state index contributed by atoms with van der Waals surface area (Å²) in [6, 6.07) is 9.27. The molecule has 4 heteroatoms. The lowest BCUT2D eigenvalue weighted by molar-refractivity contribution is -0.164. The molecule has 88 valence electrons. The predicted molar refractivity (Wildman–Crippen MR) is 59.2 cm³/mol. The number of aliphatic hydroxyl groups excluding tert-OH is 1. The number of hydrogen-bond acceptors (Lipinski definition) is 3. The van der Waals surface area contributed by atoms with E-state index in [0.717, 1.165) is 5.56 Å². The smallest absolute Gasteiger partial charge is 0.336 e. The van der Waals surface area contributed by atoms with Gasteiger partial charge in [0.15, 0.2) is 5.60 Å². The van der Waals surface area contributed by atoms with Crippen LogP contribution in [0, 0.1) is 0 Å². The third kappa shape index (κ3) is 3.32. The molecule has 1 atom stereocenters. The van der Waals surface area contributed by atoms with Gasteiger partial charge in [-0.3, -0.25) is 0 Å². The summed E-state index contributed by atoms with van der Waals surface area (Å²) in [6.07, 6.45) is 0.281. The van der Waals surface area contributed by atoms with Crippen molar-refractivity contribution in [3.05, 3.63) is 35.9 Å². The first-order chi connectivity index (χ1) is 7.58. The molecule has 1 aromatic rings. The van der Waals surface area contributed by atoms with Gasteiger partial charge in [-0.2, -0.15) is 0 Å². The molecule has 0 radical (unpaired) electrons. The van der Waals surface area contributed by atoms with Crippen molar-refractivity contribution in [2.45, 2.75) is 18.9 Å². The van der Waals surface area contributed by atoms with Crippen LogP contribution in [0.15, 0.2) is 30.3 Å². The first-order valence-electron chi connectivity index (χ1n) is 5.10. The van der Waals surface area contributed by atoms with Gasteiger partial charge in [-0.25, -0.2) is 4.79 Å². The summed E-state index contributed by atoms with van der Waals surface area (Å²) < 4.78 is 5.19. The molecule has 0 fully saturated rings. The van der Waals surface area contributed by atoms with Gasteiger partial charge in [-0.1, -0.05) is 30.3 Å². The molecule has 0 heterocycles. The molecule has 0 saturated heterocycles. The lowest BCUT2D eigenvalue weighted by Crippen LogP contribution is -2.41. The zero-order valence-electron chi connectivity index (χ0n) is 9.22. The highest BCUT2D eigenvalue weighted by atomic mass is 16.5. The molecule has 1 rings (SSSR count). The molecule has 4 nitrogen and oxygen atoms in total. The molecule has 2 N–H and O–H groups in total. The van der Waals surface area contributed by atoms with Crippen LogP contribution in [0.5, 0.6) is 0 Å². The zero-order chi connectivity index (χ0) is 12.0. The van der Waals surface area contributed by atoms with Gasteiger partial charge in [0.2, 0.25) is 0 Å². The van der Waals surface area contributed by atoms with Crippen molar-refractivity contribution in [3.63, 3.8) is 0 Å². The highest BCUT2D eigenvalue weighted by Gasteiger charge is 2.34. The van der Waals surface area contributed by atoms with Gasteiger partial charge in [-0.05, 0) is 12.5 Å². The molecule has 0 aliphatic carbocycles.